The highest BCUT2D eigenvalue weighted by molar-refractivity contribution is 7.84. The molecule has 1 rings (SSSR count). The highest BCUT2D eigenvalue weighted by Gasteiger charge is 2.23. The zero-order valence-corrected chi connectivity index (χ0v) is 10.8. The molecule has 0 radical (unpaired) electrons. The minimum Gasteiger partial charge on any atom is -0.394 e. The smallest absolute Gasteiger partial charge is 0.0976 e. The first-order chi connectivity index (χ1) is 7.45. The predicted octanol–water partition coefficient (Wildman–Crippen LogP) is 1.77. The Kier molecular flexibility index (Phi) is 4.65. The van der Waals surface area contributed by atoms with Gasteiger partial charge in [-0.05, 0) is 26.3 Å². The van der Waals surface area contributed by atoms with Crippen molar-refractivity contribution in [3.63, 3.8) is 0 Å². The van der Waals surface area contributed by atoms with Crippen LogP contribution in [0.5, 0.6) is 0 Å². The number of rotatable bonds is 4. The van der Waals surface area contributed by atoms with E-state index in [2.05, 4.69) is 4.72 Å². The summed E-state index contributed by atoms with van der Waals surface area (Å²) in [5.74, 6) is 0. The molecule has 0 saturated heterocycles. The first kappa shape index (κ1) is 13.4. The summed E-state index contributed by atoms with van der Waals surface area (Å²) in [6.45, 7) is 5.63. The summed E-state index contributed by atoms with van der Waals surface area (Å²) in [6.07, 6.45) is 0. The molecular weight excluding hydrogens is 222 g/mol. The average molecular weight is 241 g/mol. The van der Waals surface area contributed by atoms with Crippen LogP contribution in [0.4, 0.5) is 0 Å². The van der Waals surface area contributed by atoms with Crippen LogP contribution in [0.15, 0.2) is 30.3 Å². The van der Waals surface area contributed by atoms with E-state index < -0.39 is 11.0 Å². The van der Waals surface area contributed by atoms with Gasteiger partial charge in [0.1, 0.15) is 0 Å². The molecular formula is C12H19NO2S. The zero-order chi connectivity index (χ0) is 12.2. The maximum atomic E-state index is 11.9. The fourth-order valence-electron chi connectivity index (χ4n) is 1.20. The molecule has 0 spiro atoms. The molecule has 3 nitrogen and oxygen atoms in total. The number of hydrogen-bond acceptors (Lipinski definition) is 2. The van der Waals surface area contributed by atoms with Crippen molar-refractivity contribution in [2.75, 3.05) is 6.61 Å². The average Bonchev–Trinajstić information content (AvgIpc) is 2.25. The first-order valence-corrected chi connectivity index (χ1v) is 6.44. The highest BCUT2D eigenvalue weighted by atomic mass is 32.2. The van der Waals surface area contributed by atoms with Gasteiger partial charge in [0, 0.05) is 0 Å². The van der Waals surface area contributed by atoms with Crippen LogP contribution >= 0.6 is 0 Å². The van der Waals surface area contributed by atoms with Gasteiger partial charge in [-0.3, -0.25) is 0 Å². The van der Waals surface area contributed by atoms with Crippen LogP contribution in [0.1, 0.15) is 32.4 Å². The maximum absolute atomic E-state index is 11.9. The number of nitrogens with one attached hydrogen (secondary N) is 1. The minimum atomic E-state index is -1.18. The number of benzene rings is 1. The van der Waals surface area contributed by atoms with Gasteiger partial charge >= 0.3 is 0 Å². The quantitative estimate of drug-likeness (QED) is 0.844. The third-order valence-corrected chi connectivity index (χ3v) is 3.80. The van der Waals surface area contributed by atoms with Crippen LogP contribution in [-0.4, -0.2) is 20.7 Å². The molecule has 1 aromatic carbocycles. The monoisotopic (exact) mass is 241 g/mol. The lowest BCUT2D eigenvalue weighted by Crippen LogP contribution is -2.37. The molecule has 1 aromatic rings. The Morgan fingerprint density at radius 1 is 1.31 bits per heavy atom. The maximum Gasteiger partial charge on any atom is 0.0976 e. The van der Waals surface area contributed by atoms with Gasteiger partial charge in [-0.25, -0.2) is 8.93 Å². The van der Waals surface area contributed by atoms with Crippen LogP contribution in [0.2, 0.25) is 0 Å². The van der Waals surface area contributed by atoms with E-state index in [-0.39, 0.29) is 17.4 Å². The summed E-state index contributed by atoms with van der Waals surface area (Å²) in [7, 11) is -1.18. The van der Waals surface area contributed by atoms with E-state index >= 15 is 0 Å². The summed E-state index contributed by atoms with van der Waals surface area (Å²) < 4.78 is 14.5. The van der Waals surface area contributed by atoms with Crippen LogP contribution in [-0.2, 0) is 11.0 Å². The lowest BCUT2D eigenvalue weighted by atomic mass is 10.1. The van der Waals surface area contributed by atoms with Gasteiger partial charge in [-0.1, -0.05) is 30.3 Å². The molecule has 0 unspecified atom stereocenters. The molecule has 0 saturated carbocycles. The summed E-state index contributed by atoms with van der Waals surface area (Å²) in [4.78, 5) is 0. The van der Waals surface area contributed by atoms with Crippen LogP contribution in [0.25, 0.3) is 0 Å². The molecule has 0 amide bonds. The van der Waals surface area contributed by atoms with E-state index in [0.717, 1.165) is 5.56 Å². The molecule has 2 N–H and O–H groups in total. The van der Waals surface area contributed by atoms with Gasteiger partial charge in [0.25, 0.3) is 0 Å². The lowest BCUT2D eigenvalue weighted by molar-refractivity contribution is 0.260. The molecule has 0 bridgehead atoms. The highest BCUT2D eigenvalue weighted by Crippen LogP contribution is 2.16. The van der Waals surface area contributed by atoms with E-state index in [4.69, 9.17) is 0 Å². The van der Waals surface area contributed by atoms with Gasteiger partial charge in [0.05, 0.1) is 28.4 Å². The van der Waals surface area contributed by atoms with Crippen molar-refractivity contribution in [1.82, 2.24) is 4.72 Å². The topological polar surface area (TPSA) is 49.3 Å². The van der Waals surface area contributed by atoms with Crippen molar-refractivity contribution < 1.29 is 9.32 Å². The number of aliphatic hydroxyl groups excluding tert-OH is 1. The second-order valence-corrected chi connectivity index (χ2v) is 6.64. The molecule has 0 aromatic heterocycles. The largest absolute Gasteiger partial charge is 0.394 e. The molecule has 0 aliphatic rings. The van der Waals surface area contributed by atoms with Gasteiger partial charge in [0.2, 0.25) is 0 Å². The van der Waals surface area contributed by atoms with Crippen molar-refractivity contribution in [2.24, 2.45) is 0 Å². The second kappa shape index (κ2) is 5.57. The fourth-order valence-corrected chi connectivity index (χ4v) is 2.02. The van der Waals surface area contributed by atoms with E-state index in [9.17, 15) is 9.32 Å². The van der Waals surface area contributed by atoms with Gasteiger partial charge in [0.15, 0.2) is 0 Å². The zero-order valence-electron chi connectivity index (χ0n) is 9.93. The molecule has 90 valence electrons. The van der Waals surface area contributed by atoms with E-state index in [0.29, 0.717) is 0 Å². The van der Waals surface area contributed by atoms with Crippen molar-refractivity contribution >= 4 is 11.0 Å². The van der Waals surface area contributed by atoms with Gasteiger partial charge < -0.3 is 5.11 Å². The van der Waals surface area contributed by atoms with E-state index in [1.807, 2.05) is 51.1 Å². The van der Waals surface area contributed by atoms with Crippen molar-refractivity contribution in [3.05, 3.63) is 35.9 Å². The number of aliphatic hydroxyl groups is 1. The predicted molar refractivity (Wildman–Crippen MR) is 67.3 cm³/mol. The Bertz CT molecular complexity index is 346. The minimum absolute atomic E-state index is 0.0637. The van der Waals surface area contributed by atoms with Crippen LogP contribution < -0.4 is 4.72 Å². The Morgan fingerprint density at radius 2 is 1.88 bits per heavy atom. The molecule has 16 heavy (non-hydrogen) atoms. The van der Waals surface area contributed by atoms with Crippen molar-refractivity contribution in [3.8, 4) is 0 Å². The van der Waals surface area contributed by atoms with Gasteiger partial charge in [-0.15, -0.1) is 0 Å². The second-order valence-electron chi connectivity index (χ2n) is 4.64. The summed E-state index contributed by atoms with van der Waals surface area (Å²) in [6, 6.07) is 9.26. The Balaban J connectivity index is 2.75. The van der Waals surface area contributed by atoms with Crippen LogP contribution in [0, 0.1) is 0 Å². The van der Waals surface area contributed by atoms with Gasteiger partial charge in [-0.2, -0.15) is 0 Å². The Hall–Kier alpha value is -0.710. The molecule has 0 aliphatic carbocycles. The molecule has 0 fully saturated rings. The van der Waals surface area contributed by atoms with E-state index in [1.165, 1.54) is 0 Å². The fraction of sp³-hybridized carbons (Fsp3) is 0.500. The molecule has 0 heterocycles. The molecule has 4 heteroatoms. The van der Waals surface area contributed by atoms with Crippen molar-refractivity contribution in [2.45, 2.75) is 31.6 Å². The summed E-state index contributed by atoms with van der Waals surface area (Å²) >= 11 is 0. The SMILES string of the molecule is CC(C)(C)[S@@](=O)N[C@@H](CO)c1ccccc1. The Morgan fingerprint density at radius 3 is 2.31 bits per heavy atom. The first-order valence-electron chi connectivity index (χ1n) is 5.29. The van der Waals surface area contributed by atoms with E-state index in [1.54, 1.807) is 0 Å². The van der Waals surface area contributed by atoms with Crippen LogP contribution in [0.3, 0.4) is 0 Å². The molecule has 0 aliphatic heterocycles. The summed E-state index contributed by atoms with van der Waals surface area (Å²) in [5.41, 5.74) is 0.947. The lowest BCUT2D eigenvalue weighted by Gasteiger charge is -2.23. The standard InChI is InChI=1S/C12H19NO2S/c1-12(2,3)16(15)13-11(9-14)10-7-5-4-6-8-10/h4-8,11,13-14H,9H2,1-3H3/t11-,16+/m0/s1. The normalized spacial score (nSPS) is 15.8. The summed E-state index contributed by atoms with van der Waals surface area (Å²) in [5, 5.41) is 9.30. The molecule has 2 atom stereocenters. The third-order valence-electron chi connectivity index (χ3n) is 2.19. The Labute approximate surface area is 99.5 Å². The third kappa shape index (κ3) is 3.70. The number of hydrogen-bond donors (Lipinski definition) is 2. The van der Waals surface area contributed by atoms with Crippen molar-refractivity contribution in [1.29, 1.82) is 0 Å².